The molecule has 0 saturated heterocycles. The Labute approximate surface area is 185 Å². The van der Waals surface area contributed by atoms with Gasteiger partial charge < -0.3 is 14.8 Å². The van der Waals surface area contributed by atoms with Gasteiger partial charge in [0.2, 0.25) is 5.88 Å². The molecule has 0 bridgehead atoms. The van der Waals surface area contributed by atoms with E-state index in [1.165, 1.54) is 6.33 Å². The van der Waals surface area contributed by atoms with Gasteiger partial charge in [-0.05, 0) is 63.2 Å². The van der Waals surface area contributed by atoms with Gasteiger partial charge in [0.1, 0.15) is 17.8 Å². The average Bonchev–Trinajstić information content (AvgIpc) is 3.14. The first-order chi connectivity index (χ1) is 15.5. The zero-order valence-corrected chi connectivity index (χ0v) is 18.0. The molecule has 0 fully saturated rings. The van der Waals surface area contributed by atoms with Gasteiger partial charge in [-0.15, -0.1) is 0 Å². The van der Waals surface area contributed by atoms with Crippen molar-refractivity contribution < 1.29 is 14.3 Å². The van der Waals surface area contributed by atoms with Crippen molar-refractivity contribution in [2.24, 2.45) is 0 Å². The van der Waals surface area contributed by atoms with Crippen LogP contribution in [0.3, 0.4) is 0 Å². The van der Waals surface area contributed by atoms with E-state index in [0.29, 0.717) is 28.9 Å². The number of nitrogens with zero attached hydrogens (tertiary/aromatic N) is 4. The summed E-state index contributed by atoms with van der Waals surface area (Å²) in [5.74, 6) is 1.99. The first kappa shape index (κ1) is 21.0. The number of hydrogen-bond acceptors (Lipinski definition) is 6. The Hall–Kier alpha value is -4.20. The van der Waals surface area contributed by atoms with Gasteiger partial charge in [-0.3, -0.25) is 4.79 Å². The molecule has 0 aliphatic heterocycles. The Morgan fingerprint density at radius 2 is 1.72 bits per heavy atom. The quantitative estimate of drug-likeness (QED) is 0.466. The SMILES string of the molecule is Cc1cc(C)n(-c2cc(Oc3ccc(NC(=O)C(C)Oc4ccccc4)cc3)ncn2)n1. The summed E-state index contributed by atoms with van der Waals surface area (Å²) in [4.78, 5) is 20.8. The van der Waals surface area contributed by atoms with E-state index in [0.717, 1.165) is 11.4 Å². The number of anilines is 1. The molecule has 0 spiro atoms. The summed E-state index contributed by atoms with van der Waals surface area (Å²) in [5.41, 5.74) is 2.51. The normalized spacial score (nSPS) is 11.6. The van der Waals surface area contributed by atoms with Gasteiger partial charge in [0.15, 0.2) is 11.9 Å². The smallest absolute Gasteiger partial charge is 0.265 e. The molecule has 1 atom stereocenters. The van der Waals surface area contributed by atoms with E-state index in [2.05, 4.69) is 20.4 Å². The summed E-state index contributed by atoms with van der Waals surface area (Å²) in [7, 11) is 0. The summed E-state index contributed by atoms with van der Waals surface area (Å²) < 4.78 is 13.2. The highest BCUT2D eigenvalue weighted by Crippen LogP contribution is 2.23. The molecule has 4 rings (SSSR count). The monoisotopic (exact) mass is 429 g/mol. The molecule has 2 heterocycles. The third kappa shape index (κ3) is 5.10. The molecule has 162 valence electrons. The van der Waals surface area contributed by atoms with Crippen LogP contribution in [0.2, 0.25) is 0 Å². The predicted octanol–water partition coefficient (Wildman–Crippen LogP) is 4.48. The molecular formula is C24H23N5O3. The fourth-order valence-corrected chi connectivity index (χ4v) is 3.09. The number of nitrogens with one attached hydrogen (secondary N) is 1. The van der Waals surface area contributed by atoms with Gasteiger partial charge in [0.25, 0.3) is 5.91 Å². The molecule has 0 aliphatic carbocycles. The molecule has 32 heavy (non-hydrogen) atoms. The summed E-state index contributed by atoms with van der Waals surface area (Å²) >= 11 is 0. The minimum Gasteiger partial charge on any atom is -0.481 e. The van der Waals surface area contributed by atoms with Crippen LogP contribution in [-0.4, -0.2) is 31.8 Å². The zero-order valence-electron chi connectivity index (χ0n) is 18.0. The van der Waals surface area contributed by atoms with Crippen LogP contribution in [0.5, 0.6) is 17.4 Å². The second kappa shape index (κ2) is 9.30. The second-order valence-corrected chi connectivity index (χ2v) is 7.24. The molecule has 1 amide bonds. The Kier molecular flexibility index (Phi) is 6.12. The Bertz CT molecular complexity index is 1210. The highest BCUT2D eigenvalue weighted by molar-refractivity contribution is 5.94. The van der Waals surface area contributed by atoms with Crippen molar-refractivity contribution in [1.82, 2.24) is 19.7 Å². The second-order valence-electron chi connectivity index (χ2n) is 7.24. The summed E-state index contributed by atoms with van der Waals surface area (Å²) in [6, 6.07) is 19.9. The molecule has 0 aliphatic rings. The average molecular weight is 429 g/mol. The number of amides is 1. The van der Waals surface area contributed by atoms with Crippen LogP contribution in [-0.2, 0) is 4.79 Å². The predicted molar refractivity (Wildman–Crippen MR) is 120 cm³/mol. The lowest BCUT2D eigenvalue weighted by molar-refractivity contribution is -0.122. The fraction of sp³-hybridized carbons (Fsp3) is 0.167. The van der Waals surface area contributed by atoms with Crippen LogP contribution in [0.25, 0.3) is 5.82 Å². The maximum absolute atomic E-state index is 12.4. The van der Waals surface area contributed by atoms with Crippen molar-refractivity contribution in [3.05, 3.63) is 84.4 Å². The molecule has 8 nitrogen and oxygen atoms in total. The molecule has 4 aromatic rings. The maximum Gasteiger partial charge on any atom is 0.265 e. The van der Waals surface area contributed by atoms with Gasteiger partial charge in [-0.1, -0.05) is 18.2 Å². The van der Waals surface area contributed by atoms with Crippen molar-refractivity contribution in [2.75, 3.05) is 5.32 Å². The van der Waals surface area contributed by atoms with E-state index in [4.69, 9.17) is 9.47 Å². The first-order valence-corrected chi connectivity index (χ1v) is 10.1. The number of rotatable bonds is 7. The van der Waals surface area contributed by atoms with Crippen molar-refractivity contribution in [3.63, 3.8) is 0 Å². The van der Waals surface area contributed by atoms with Gasteiger partial charge in [-0.2, -0.15) is 5.10 Å². The number of benzene rings is 2. The van der Waals surface area contributed by atoms with E-state index < -0.39 is 6.10 Å². The Morgan fingerprint density at radius 3 is 2.41 bits per heavy atom. The lowest BCUT2D eigenvalue weighted by atomic mass is 10.2. The van der Waals surface area contributed by atoms with Crippen LogP contribution < -0.4 is 14.8 Å². The summed E-state index contributed by atoms with van der Waals surface area (Å²) in [6.07, 6.45) is 0.797. The van der Waals surface area contributed by atoms with Crippen molar-refractivity contribution in [2.45, 2.75) is 26.9 Å². The molecular weight excluding hydrogens is 406 g/mol. The number of aryl methyl sites for hydroxylation is 2. The van der Waals surface area contributed by atoms with Crippen LogP contribution in [0.1, 0.15) is 18.3 Å². The van der Waals surface area contributed by atoms with Crippen LogP contribution >= 0.6 is 0 Å². The highest BCUT2D eigenvalue weighted by atomic mass is 16.5. The lowest BCUT2D eigenvalue weighted by Gasteiger charge is -2.15. The molecule has 1 N–H and O–H groups in total. The molecule has 0 radical (unpaired) electrons. The zero-order chi connectivity index (χ0) is 22.5. The number of hydrogen-bond donors (Lipinski definition) is 1. The van der Waals surface area contributed by atoms with Crippen molar-refractivity contribution in [3.8, 4) is 23.2 Å². The molecule has 2 aromatic carbocycles. The fourth-order valence-electron chi connectivity index (χ4n) is 3.09. The third-order valence-electron chi connectivity index (χ3n) is 4.62. The van der Waals surface area contributed by atoms with Crippen LogP contribution in [0, 0.1) is 13.8 Å². The Morgan fingerprint density at radius 1 is 0.969 bits per heavy atom. The number of para-hydroxylation sites is 1. The molecule has 1 unspecified atom stereocenters. The lowest BCUT2D eigenvalue weighted by Crippen LogP contribution is -2.30. The van der Waals surface area contributed by atoms with Crippen molar-refractivity contribution in [1.29, 1.82) is 0 Å². The van der Waals surface area contributed by atoms with E-state index in [-0.39, 0.29) is 5.91 Å². The minimum atomic E-state index is -0.637. The summed E-state index contributed by atoms with van der Waals surface area (Å²) in [5, 5.41) is 7.26. The molecule has 0 saturated carbocycles. The number of carbonyl (C=O) groups is 1. The van der Waals surface area contributed by atoms with Gasteiger partial charge in [0, 0.05) is 17.4 Å². The molecule has 8 heteroatoms. The van der Waals surface area contributed by atoms with Gasteiger partial charge >= 0.3 is 0 Å². The van der Waals surface area contributed by atoms with Crippen LogP contribution in [0.15, 0.2) is 73.1 Å². The standard InChI is InChI=1S/C24H23N5O3/c1-16-13-17(2)29(28-16)22-14-23(26-15-25-22)32-21-11-9-19(10-12-21)27-24(30)18(3)31-20-7-5-4-6-8-20/h4-15,18H,1-3H3,(H,27,30). The Balaban J connectivity index is 1.38. The summed E-state index contributed by atoms with van der Waals surface area (Å²) in [6.45, 7) is 5.59. The third-order valence-corrected chi connectivity index (χ3v) is 4.62. The van der Waals surface area contributed by atoms with Gasteiger partial charge in [-0.25, -0.2) is 14.6 Å². The molecule has 2 aromatic heterocycles. The number of ether oxygens (including phenoxy) is 2. The first-order valence-electron chi connectivity index (χ1n) is 10.1. The van der Waals surface area contributed by atoms with E-state index in [9.17, 15) is 4.79 Å². The van der Waals surface area contributed by atoms with E-state index >= 15 is 0 Å². The van der Waals surface area contributed by atoms with Gasteiger partial charge in [0.05, 0.1) is 5.69 Å². The highest BCUT2D eigenvalue weighted by Gasteiger charge is 2.15. The van der Waals surface area contributed by atoms with Crippen molar-refractivity contribution >= 4 is 11.6 Å². The topological polar surface area (TPSA) is 91.2 Å². The van der Waals surface area contributed by atoms with Crippen LogP contribution in [0.4, 0.5) is 5.69 Å². The largest absolute Gasteiger partial charge is 0.481 e. The number of aromatic nitrogens is 4. The minimum absolute atomic E-state index is 0.243. The number of carbonyl (C=O) groups excluding carboxylic acids is 1. The van der Waals surface area contributed by atoms with E-state index in [1.54, 1.807) is 41.9 Å². The van der Waals surface area contributed by atoms with E-state index in [1.807, 2.05) is 50.2 Å². The maximum atomic E-state index is 12.4.